The van der Waals surface area contributed by atoms with Gasteiger partial charge in [-0.1, -0.05) is 11.8 Å². The largest absolute Gasteiger partial charge is 0.395 e. The zero-order valence-electron chi connectivity index (χ0n) is 11.1. The van der Waals surface area contributed by atoms with E-state index in [4.69, 9.17) is 5.11 Å². The first-order valence-corrected chi connectivity index (χ1v) is 7.14. The Bertz CT molecular complexity index is 399. The van der Waals surface area contributed by atoms with Gasteiger partial charge in [-0.05, 0) is 6.92 Å². The van der Waals surface area contributed by atoms with Gasteiger partial charge in [0, 0.05) is 26.2 Å². The number of carbonyl (C=O) groups excluding carboxylic acids is 4. The van der Waals surface area contributed by atoms with Gasteiger partial charge < -0.3 is 15.3 Å². The molecule has 0 aromatic carbocycles. The Kier molecular flexibility index (Phi) is 6.46. The highest BCUT2D eigenvalue weighted by Gasteiger charge is 2.29. The summed E-state index contributed by atoms with van der Waals surface area (Å²) in [6.07, 6.45) is 0. The van der Waals surface area contributed by atoms with Gasteiger partial charge in [0.1, 0.15) is 0 Å². The van der Waals surface area contributed by atoms with E-state index < -0.39 is 11.8 Å². The number of hydrogen-bond donors (Lipinski definition) is 2. The zero-order valence-corrected chi connectivity index (χ0v) is 11.9. The van der Waals surface area contributed by atoms with Crippen LogP contribution in [0, 0.1) is 0 Å². The van der Waals surface area contributed by atoms with Gasteiger partial charge in [0.05, 0.1) is 12.4 Å². The summed E-state index contributed by atoms with van der Waals surface area (Å²) in [6.45, 7) is 1.95. The van der Waals surface area contributed by atoms with Crippen LogP contribution in [-0.4, -0.2) is 76.4 Å². The summed E-state index contributed by atoms with van der Waals surface area (Å²) in [5.41, 5.74) is 0. The maximum absolute atomic E-state index is 11.7. The standard InChI is InChI=1S/C11H17N3O5S/c1-2-13(5-6-15)10(18)9(17)12-3-4-14-8(16)7-20-11(14)19/h15H,2-7H2,1H3,(H,12,17). The number of nitrogens with zero attached hydrogens (tertiary/aromatic N) is 2. The van der Waals surface area contributed by atoms with E-state index in [1.54, 1.807) is 6.92 Å². The van der Waals surface area contributed by atoms with Gasteiger partial charge in [-0.15, -0.1) is 0 Å². The molecule has 1 saturated heterocycles. The number of carbonyl (C=O) groups is 4. The molecule has 1 heterocycles. The molecule has 1 aliphatic rings. The maximum atomic E-state index is 11.7. The van der Waals surface area contributed by atoms with Gasteiger partial charge in [0.15, 0.2) is 0 Å². The normalized spacial score (nSPS) is 14.6. The minimum absolute atomic E-state index is 0.0271. The lowest BCUT2D eigenvalue weighted by molar-refractivity contribution is -0.146. The molecular weight excluding hydrogens is 286 g/mol. The van der Waals surface area contributed by atoms with Crippen LogP contribution in [0.3, 0.4) is 0 Å². The van der Waals surface area contributed by atoms with Crippen molar-refractivity contribution in [1.82, 2.24) is 15.1 Å². The molecule has 8 nitrogen and oxygen atoms in total. The van der Waals surface area contributed by atoms with Gasteiger partial charge in [-0.25, -0.2) is 0 Å². The molecule has 1 fully saturated rings. The number of nitrogens with one attached hydrogen (secondary N) is 1. The molecule has 9 heteroatoms. The Labute approximate surface area is 120 Å². The summed E-state index contributed by atoms with van der Waals surface area (Å²) in [7, 11) is 0. The minimum atomic E-state index is -0.813. The van der Waals surface area contributed by atoms with Crippen molar-refractivity contribution in [3.8, 4) is 0 Å². The SMILES string of the molecule is CCN(CCO)C(=O)C(=O)NCCN1C(=O)CSC1=O. The second-order valence-electron chi connectivity index (χ2n) is 3.96. The molecule has 20 heavy (non-hydrogen) atoms. The number of rotatable bonds is 6. The lowest BCUT2D eigenvalue weighted by Crippen LogP contribution is -2.46. The molecule has 0 radical (unpaired) electrons. The first kappa shape index (κ1) is 16.4. The zero-order chi connectivity index (χ0) is 15.1. The van der Waals surface area contributed by atoms with E-state index in [0.717, 1.165) is 16.7 Å². The minimum Gasteiger partial charge on any atom is -0.395 e. The maximum Gasteiger partial charge on any atom is 0.311 e. The molecule has 112 valence electrons. The number of likely N-dealkylation sites (N-methyl/N-ethyl adjacent to an activating group) is 1. The van der Waals surface area contributed by atoms with Crippen LogP contribution in [0.25, 0.3) is 0 Å². The molecule has 0 aliphatic carbocycles. The summed E-state index contributed by atoms with van der Waals surface area (Å²) >= 11 is 0.916. The Morgan fingerprint density at radius 2 is 2.15 bits per heavy atom. The fraction of sp³-hybridized carbons (Fsp3) is 0.636. The molecule has 1 aliphatic heterocycles. The molecule has 0 spiro atoms. The predicted molar refractivity (Wildman–Crippen MR) is 71.9 cm³/mol. The highest BCUT2D eigenvalue weighted by molar-refractivity contribution is 8.14. The summed E-state index contributed by atoms with van der Waals surface area (Å²) in [5.74, 6) is -1.73. The number of aliphatic hydroxyl groups is 1. The van der Waals surface area contributed by atoms with Crippen LogP contribution in [0.15, 0.2) is 0 Å². The quantitative estimate of drug-likeness (QED) is 0.587. The third kappa shape index (κ3) is 4.20. The highest BCUT2D eigenvalue weighted by atomic mass is 32.2. The average Bonchev–Trinajstić information content (AvgIpc) is 2.75. The molecule has 4 amide bonds. The fourth-order valence-electron chi connectivity index (χ4n) is 1.62. The Hall–Kier alpha value is -1.61. The van der Waals surface area contributed by atoms with Crippen molar-refractivity contribution in [3.05, 3.63) is 0 Å². The van der Waals surface area contributed by atoms with E-state index in [0.29, 0.717) is 6.54 Å². The second-order valence-corrected chi connectivity index (χ2v) is 4.89. The molecule has 0 bridgehead atoms. The molecule has 0 aromatic heterocycles. The van der Waals surface area contributed by atoms with Crippen LogP contribution in [0.2, 0.25) is 0 Å². The molecule has 0 aromatic rings. The molecule has 1 rings (SSSR count). The van der Waals surface area contributed by atoms with Crippen LogP contribution in [-0.2, 0) is 14.4 Å². The summed E-state index contributed by atoms with van der Waals surface area (Å²) in [6, 6.07) is 0. The van der Waals surface area contributed by atoms with Gasteiger partial charge in [0.2, 0.25) is 5.91 Å². The Morgan fingerprint density at radius 1 is 1.45 bits per heavy atom. The van der Waals surface area contributed by atoms with Gasteiger partial charge >= 0.3 is 11.8 Å². The van der Waals surface area contributed by atoms with Crippen molar-refractivity contribution in [2.45, 2.75) is 6.92 Å². The molecule has 0 unspecified atom stereocenters. The van der Waals surface area contributed by atoms with Crippen LogP contribution >= 0.6 is 11.8 Å². The van der Waals surface area contributed by atoms with E-state index in [2.05, 4.69) is 5.32 Å². The van der Waals surface area contributed by atoms with Gasteiger partial charge in [0.25, 0.3) is 5.24 Å². The molecular formula is C11H17N3O5S. The number of amides is 4. The first-order chi connectivity index (χ1) is 9.51. The van der Waals surface area contributed by atoms with E-state index in [9.17, 15) is 19.2 Å². The van der Waals surface area contributed by atoms with Crippen molar-refractivity contribution in [2.24, 2.45) is 0 Å². The Morgan fingerprint density at radius 3 is 2.65 bits per heavy atom. The average molecular weight is 303 g/mol. The fourth-order valence-corrected chi connectivity index (χ4v) is 2.37. The van der Waals surface area contributed by atoms with Gasteiger partial charge in [-0.3, -0.25) is 24.1 Å². The van der Waals surface area contributed by atoms with Crippen LogP contribution < -0.4 is 5.32 Å². The predicted octanol–water partition coefficient (Wildman–Crippen LogP) is -1.36. The monoisotopic (exact) mass is 303 g/mol. The van der Waals surface area contributed by atoms with Crippen molar-refractivity contribution < 1.29 is 24.3 Å². The second kappa shape index (κ2) is 7.85. The van der Waals surface area contributed by atoms with Crippen LogP contribution in [0.4, 0.5) is 4.79 Å². The third-order valence-electron chi connectivity index (χ3n) is 2.69. The number of aliphatic hydroxyl groups excluding tert-OH is 1. The summed E-state index contributed by atoms with van der Waals surface area (Å²) in [5, 5.41) is 10.8. The summed E-state index contributed by atoms with van der Waals surface area (Å²) in [4.78, 5) is 48.1. The van der Waals surface area contributed by atoms with E-state index in [1.807, 2.05) is 0 Å². The van der Waals surface area contributed by atoms with Crippen LogP contribution in [0.5, 0.6) is 0 Å². The van der Waals surface area contributed by atoms with Crippen molar-refractivity contribution in [3.63, 3.8) is 0 Å². The smallest absolute Gasteiger partial charge is 0.311 e. The third-order valence-corrected chi connectivity index (χ3v) is 3.55. The molecule has 0 saturated carbocycles. The lowest BCUT2D eigenvalue weighted by Gasteiger charge is -2.19. The van der Waals surface area contributed by atoms with E-state index in [-0.39, 0.29) is 43.1 Å². The highest BCUT2D eigenvalue weighted by Crippen LogP contribution is 2.17. The lowest BCUT2D eigenvalue weighted by atomic mass is 10.4. The number of thioether (sulfide) groups is 1. The van der Waals surface area contributed by atoms with E-state index in [1.165, 1.54) is 4.90 Å². The van der Waals surface area contributed by atoms with Crippen LogP contribution in [0.1, 0.15) is 6.92 Å². The summed E-state index contributed by atoms with van der Waals surface area (Å²) < 4.78 is 0. The Balaban J connectivity index is 2.37. The first-order valence-electron chi connectivity index (χ1n) is 6.16. The number of hydrogen-bond acceptors (Lipinski definition) is 6. The topological polar surface area (TPSA) is 107 Å². The van der Waals surface area contributed by atoms with Crippen molar-refractivity contribution in [1.29, 1.82) is 0 Å². The molecule has 0 atom stereocenters. The number of imide groups is 1. The van der Waals surface area contributed by atoms with Crippen molar-refractivity contribution in [2.75, 3.05) is 38.5 Å². The van der Waals surface area contributed by atoms with E-state index >= 15 is 0 Å². The van der Waals surface area contributed by atoms with Gasteiger partial charge in [-0.2, -0.15) is 0 Å². The molecule has 2 N–H and O–H groups in total. The van der Waals surface area contributed by atoms with Crippen molar-refractivity contribution >= 4 is 34.7 Å².